The zero-order valence-corrected chi connectivity index (χ0v) is 18.8. The Morgan fingerprint density at radius 1 is 1.10 bits per heavy atom. The Morgan fingerprint density at radius 3 is 2.52 bits per heavy atom. The van der Waals surface area contributed by atoms with Gasteiger partial charge in [0.25, 0.3) is 17.7 Å². The van der Waals surface area contributed by atoms with Crippen LogP contribution in [0.3, 0.4) is 0 Å². The lowest BCUT2D eigenvalue weighted by molar-refractivity contribution is 0.0786. The number of rotatable bonds is 6. The molecule has 0 N–H and O–H groups in total. The van der Waals surface area contributed by atoms with E-state index in [-0.39, 0.29) is 11.8 Å². The number of likely N-dealkylation sites (N-methyl/N-ethyl adjacent to an activating group) is 1. The van der Waals surface area contributed by atoms with Crippen molar-refractivity contribution >= 4 is 27.7 Å². The van der Waals surface area contributed by atoms with Crippen molar-refractivity contribution in [2.24, 2.45) is 0 Å². The van der Waals surface area contributed by atoms with Crippen molar-refractivity contribution in [1.29, 1.82) is 0 Å². The van der Waals surface area contributed by atoms with Crippen LogP contribution in [0.5, 0.6) is 0 Å². The molecule has 0 aliphatic carbocycles. The molecule has 0 atom stereocenters. The lowest BCUT2D eigenvalue weighted by atomic mass is 10.1. The maximum atomic E-state index is 12.6. The minimum Gasteiger partial charge on any atom is -0.341 e. The van der Waals surface area contributed by atoms with E-state index in [1.165, 1.54) is 0 Å². The Kier molecular flexibility index (Phi) is 6.46. The molecule has 0 unspecified atom stereocenters. The molecule has 8 heteroatoms. The molecule has 1 aliphatic rings. The smallest absolute Gasteiger partial charge is 0.257 e. The number of nitrogens with zero attached hydrogens (tertiary/aromatic N) is 4. The Bertz CT molecular complexity index is 1070. The number of likely N-dealkylation sites (tertiary alicyclic amines) is 1. The molecule has 3 aromatic rings. The van der Waals surface area contributed by atoms with Gasteiger partial charge in [0.15, 0.2) is 5.82 Å². The monoisotopic (exact) mass is 482 g/mol. The maximum Gasteiger partial charge on any atom is 0.257 e. The van der Waals surface area contributed by atoms with Gasteiger partial charge >= 0.3 is 0 Å². The van der Waals surface area contributed by atoms with E-state index in [2.05, 4.69) is 26.1 Å². The SMILES string of the molecule is CN(CCc1noc(-c2ccc(C(=O)N3CCCC3)cc2)n1)C(=O)c1ccccc1Br. The van der Waals surface area contributed by atoms with Gasteiger partial charge in [-0.2, -0.15) is 4.98 Å². The van der Waals surface area contributed by atoms with E-state index in [4.69, 9.17) is 4.52 Å². The van der Waals surface area contributed by atoms with Gasteiger partial charge in [-0.05, 0) is 65.2 Å². The van der Waals surface area contributed by atoms with E-state index in [1.807, 2.05) is 35.2 Å². The van der Waals surface area contributed by atoms with Crippen LogP contribution in [0.4, 0.5) is 0 Å². The molecule has 0 radical (unpaired) electrons. The summed E-state index contributed by atoms with van der Waals surface area (Å²) in [5.74, 6) is 0.913. The Labute approximate surface area is 189 Å². The van der Waals surface area contributed by atoms with Gasteiger partial charge in [-0.1, -0.05) is 17.3 Å². The van der Waals surface area contributed by atoms with Crippen LogP contribution in [0, 0.1) is 0 Å². The Morgan fingerprint density at radius 2 is 1.81 bits per heavy atom. The molecule has 1 saturated heterocycles. The number of hydrogen-bond donors (Lipinski definition) is 0. The van der Waals surface area contributed by atoms with E-state index in [9.17, 15) is 9.59 Å². The van der Waals surface area contributed by atoms with Crippen molar-refractivity contribution in [2.75, 3.05) is 26.7 Å². The summed E-state index contributed by atoms with van der Waals surface area (Å²) < 4.78 is 6.14. The van der Waals surface area contributed by atoms with Crippen LogP contribution in [0.25, 0.3) is 11.5 Å². The summed E-state index contributed by atoms with van der Waals surface area (Å²) in [5, 5.41) is 4.03. The van der Waals surface area contributed by atoms with E-state index in [1.54, 1.807) is 30.1 Å². The molecule has 1 fully saturated rings. The van der Waals surface area contributed by atoms with Crippen molar-refractivity contribution < 1.29 is 14.1 Å². The van der Waals surface area contributed by atoms with E-state index in [0.717, 1.165) is 36.0 Å². The number of hydrogen-bond acceptors (Lipinski definition) is 5. The third-order valence-corrected chi connectivity index (χ3v) is 6.05. The van der Waals surface area contributed by atoms with Crippen LogP contribution in [-0.2, 0) is 6.42 Å². The average molecular weight is 483 g/mol. The summed E-state index contributed by atoms with van der Waals surface area (Å²) in [5.41, 5.74) is 2.04. The average Bonchev–Trinajstić information content (AvgIpc) is 3.49. The molecule has 4 rings (SSSR count). The molecule has 1 aromatic heterocycles. The topological polar surface area (TPSA) is 79.5 Å². The second-order valence-electron chi connectivity index (χ2n) is 7.55. The number of carbonyl (C=O) groups excluding carboxylic acids is 2. The third-order valence-electron chi connectivity index (χ3n) is 5.36. The summed E-state index contributed by atoms with van der Waals surface area (Å²) in [4.78, 5) is 33.0. The van der Waals surface area contributed by atoms with Crippen molar-refractivity contribution in [3.8, 4) is 11.5 Å². The molecule has 0 saturated carbocycles. The summed E-state index contributed by atoms with van der Waals surface area (Å²) in [6, 6.07) is 14.6. The van der Waals surface area contributed by atoms with Gasteiger partial charge in [0.2, 0.25) is 0 Å². The highest BCUT2D eigenvalue weighted by Crippen LogP contribution is 2.21. The fourth-order valence-corrected chi connectivity index (χ4v) is 3.99. The van der Waals surface area contributed by atoms with E-state index in [0.29, 0.717) is 35.8 Å². The zero-order chi connectivity index (χ0) is 21.8. The van der Waals surface area contributed by atoms with Crippen molar-refractivity contribution in [1.82, 2.24) is 19.9 Å². The van der Waals surface area contributed by atoms with Gasteiger partial charge in [-0.3, -0.25) is 9.59 Å². The second-order valence-corrected chi connectivity index (χ2v) is 8.40. The third kappa shape index (κ3) is 4.85. The van der Waals surface area contributed by atoms with Gasteiger partial charge in [0, 0.05) is 48.7 Å². The normalized spacial score (nSPS) is 13.4. The fourth-order valence-electron chi connectivity index (χ4n) is 3.54. The molecule has 160 valence electrons. The van der Waals surface area contributed by atoms with Gasteiger partial charge < -0.3 is 14.3 Å². The first-order valence-electron chi connectivity index (χ1n) is 10.3. The van der Waals surface area contributed by atoms with Crippen LogP contribution in [0.2, 0.25) is 0 Å². The molecule has 0 spiro atoms. The predicted octanol–water partition coefficient (Wildman–Crippen LogP) is 4.05. The quantitative estimate of drug-likeness (QED) is 0.529. The van der Waals surface area contributed by atoms with Gasteiger partial charge in [0.1, 0.15) is 0 Å². The zero-order valence-electron chi connectivity index (χ0n) is 17.3. The van der Waals surface area contributed by atoms with Gasteiger partial charge in [-0.25, -0.2) is 0 Å². The molecular formula is C23H23BrN4O3. The highest BCUT2D eigenvalue weighted by Gasteiger charge is 2.20. The minimum absolute atomic E-state index is 0.0630. The highest BCUT2D eigenvalue weighted by atomic mass is 79.9. The molecule has 31 heavy (non-hydrogen) atoms. The molecule has 2 aromatic carbocycles. The first kappa shape index (κ1) is 21.2. The maximum absolute atomic E-state index is 12.6. The summed E-state index contributed by atoms with van der Waals surface area (Å²) in [7, 11) is 1.75. The summed E-state index contributed by atoms with van der Waals surface area (Å²) in [6.45, 7) is 2.11. The first-order chi connectivity index (χ1) is 15.0. The van der Waals surface area contributed by atoms with Crippen LogP contribution in [0.15, 0.2) is 57.5 Å². The van der Waals surface area contributed by atoms with Crippen molar-refractivity contribution in [3.63, 3.8) is 0 Å². The second kappa shape index (κ2) is 9.43. The van der Waals surface area contributed by atoms with E-state index >= 15 is 0 Å². The van der Waals surface area contributed by atoms with Crippen LogP contribution in [-0.4, -0.2) is 58.4 Å². The van der Waals surface area contributed by atoms with Crippen LogP contribution < -0.4 is 0 Å². The molecule has 0 bridgehead atoms. The van der Waals surface area contributed by atoms with E-state index < -0.39 is 0 Å². The fraction of sp³-hybridized carbons (Fsp3) is 0.304. The molecule has 1 aliphatic heterocycles. The summed E-state index contributed by atoms with van der Waals surface area (Å²) in [6.07, 6.45) is 2.61. The number of halogens is 1. The van der Waals surface area contributed by atoms with Crippen LogP contribution in [0.1, 0.15) is 39.4 Å². The number of aromatic nitrogens is 2. The van der Waals surface area contributed by atoms with Crippen molar-refractivity contribution in [3.05, 3.63) is 70.0 Å². The van der Waals surface area contributed by atoms with Crippen molar-refractivity contribution in [2.45, 2.75) is 19.3 Å². The number of benzene rings is 2. The Balaban J connectivity index is 1.36. The highest BCUT2D eigenvalue weighted by molar-refractivity contribution is 9.10. The molecular weight excluding hydrogens is 460 g/mol. The largest absolute Gasteiger partial charge is 0.341 e. The van der Waals surface area contributed by atoms with Gasteiger partial charge in [-0.15, -0.1) is 0 Å². The predicted molar refractivity (Wildman–Crippen MR) is 120 cm³/mol. The number of carbonyl (C=O) groups is 2. The molecule has 7 nitrogen and oxygen atoms in total. The van der Waals surface area contributed by atoms with Crippen LogP contribution >= 0.6 is 15.9 Å². The molecule has 2 amide bonds. The summed E-state index contributed by atoms with van der Waals surface area (Å²) >= 11 is 3.41. The lowest BCUT2D eigenvalue weighted by Gasteiger charge is -2.16. The standard InChI is InChI=1S/C23H23BrN4O3/c1-27(23(30)18-6-2-3-7-19(18)24)15-12-20-25-21(31-26-20)16-8-10-17(11-9-16)22(29)28-13-4-5-14-28/h2-3,6-11H,4-5,12-15H2,1H3. The minimum atomic E-state index is -0.0746. The number of amides is 2. The first-order valence-corrected chi connectivity index (χ1v) is 11.0. The Hall–Kier alpha value is -3.00. The lowest BCUT2D eigenvalue weighted by Crippen LogP contribution is -2.29. The van der Waals surface area contributed by atoms with Gasteiger partial charge in [0.05, 0.1) is 5.56 Å². The molecule has 2 heterocycles.